The van der Waals surface area contributed by atoms with Gasteiger partial charge in [0.05, 0.1) is 21.3 Å². The monoisotopic (exact) mass is 413 g/mol. The van der Waals surface area contributed by atoms with Gasteiger partial charge in [-0.3, -0.25) is 9.69 Å². The van der Waals surface area contributed by atoms with E-state index in [1.54, 1.807) is 39.5 Å². The van der Waals surface area contributed by atoms with Crippen LogP contribution in [0.15, 0.2) is 42.5 Å². The predicted octanol–water partition coefficient (Wildman–Crippen LogP) is 2.65. The Bertz CT molecular complexity index is 795. The van der Waals surface area contributed by atoms with Gasteiger partial charge in [-0.05, 0) is 49.4 Å². The first kappa shape index (κ1) is 21.8. The number of benzene rings is 2. The summed E-state index contributed by atoms with van der Waals surface area (Å²) >= 11 is 0. The molecule has 2 aromatic rings. The Hall–Kier alpha value is -2.93. The van der Waals surface area contributed by atoms with Crippen LogP contribution in [0.25, 0.3) is 0 Å². The van der Waals surface area contributed by atoms with Gasteiger partial charge in [0.1, 0.15) is 22.8 Å². The van der Waals surface area contributed by atoms with E-state index in [0.29, 0.717) is 23.6 Å². The van der Waals surface area contributed by atoms with Crippen LogP contribution in [0.4, 0.5) is 5.69 Å². The minimum Gasteiger partial charge on any atom is -0.497 e. The zero-order valence-electron chi connectivity index (χ0n) is 18.0. The summed E-state index contributed by atoms with van der Waals surface area (Å²) in [6.45, 7) is 5.59. The number of carbonyl (C=O) groups is 1. The third-order valence-corrected chi connectivity index (χ3v) is 5.40. The van der Waals surface area contributed by atoms with E-state index in [4.69, 9.17) is 14.2 Å². The van der Waals surface area contributed by atoms with Gasteiger partial charge < -0.3 is 24.4 Å². The van der Waals surface area contributed by atoms with Crippen molar-refractivity contribution in [3.8, 4) is 17.2 Å². The third-order valence-electron chi connectivity index (χ3n) is 5.40. The Morgan fingerprint density at radius 1 is 0.900 bits per heavy atom. The molecule has 1 fully saturated rings. The fourth-order valence-corrected chi connectivity index (χ4v) is 3.69. The minimum absolute atomic E-state index is 0.173. The molecule has 7 nitrogen and oxygen atoms in total. The van der Waals surface area contributed by atoms with Crippen molar-refractivity contribution in [1.82, 2.24) is 10.2 Å². The van der Waals surface area contributed by atoms with E-state index in [1.807, 2.05) is 12.1 Å². The zero-order valence-corrected chi connectivity index (χ0v) is 18.0. The van der Waals surface area contributed by atoms with Crippen molar-refractivity contribution in [2.45, 2.75) is 6.42 Å². The summed E-state index contributed by atoms with van der Waals surface area (Å²) in [5.41, 5.74) is 1.67. The van der Waals surface area contributed by atoms with E-state index >= 15 is 0 Å². The molecule has 0 unspecified atom stereocenters. The summed E-state index contributed by atoms with van der Waals surface area (Å²) in [5, 5.41) is 2.99. The Morgan fingerprint density at radius 3 is 2.10 bits per heavy atom. The summed E-state index contributed by atoms with van der Waals surface area (Å²) in [6, 6.07) is 13.5. The molecule has 3 rings (SSSR count). The normalized spacial score (nSPS) is 14.3. The number of anilines is 1. The number of ether oxygens (including phenoxy) is 3. The number of hydrogen-bond donors (Lipinski definition) is 1. The van der Waals surface area contributed by atoms with Gasteiger partial charge in [-0.25, -0.2) is 0 Å². The summed E-state index contributed by atoms with van der Waals surface area (Å²) < 4.78 is 15.8. The van der Waals surface area contributed by atoms with Gasteiger partial charge in [0.25, 0.3) is 5.91 Å². The van der Waals surface area contributed by atoms with E-state index in [0.717, 1.165) is 44.9 Å². The first-order valence-corrected chi connectivity index (χ1v) is 10.3. The number of carbonyl (C=O) groups excluding carboxylic acids is 1. The first-order chi connectivity index (χ1) is 14.7. The fraction of sp³-hybridized carbons (Fsp3) is 0.435. The first-order valence-electron chi connectivity index (χ1n) is 10.3. The van der Waals surface area contributed by atoms with Crippen LogP contribution >= 0.6 is 0 Å². The summed E-state index contributed by atoms with van der Waals surface area (Å²) in [4.78, 5) is 17.4. The Kier molecular flexibility index (Phi) is 7.79. The van der Waals surface area contributed by atoms with Crippen LogP contribution in [0.1, 0.15) is 16.8 Å². The third kappa shape index (κ3) is 5.36. The van der Waals surface area contributed by atoms with Gasteiger partial charge in [-0.15, -0.1) is 0 Å². The molecular weight excluding hydrogens is 382 g/mol. The van der Waals surface area contributed by atoms with Crippen LogP contribution in [0.2, 0.25) is 0 Å². The van der Waals surface area contributed by atoms with Crippen molar-refractivity contribution in [2.24, 2.45) is 0 Å². The van der Waals surface area contributed by atoms with E-state index < -0.39 is 0 Å². The highest BCUT2D eigenvalue weighted by Crippen LogP contribution is 2.28. The molecule has 1 saturated heterocycles. The molecule has 2 aromatic carbocycles. The molecule has 1 N–H and O–H groups in total. The maximum Gasteiger partial charge on any atom is 0.258 e. The Balaban J connectivity index is 1.41. The molecule has 0 radical (unpaired) electrons. The smallest absolute Gasteiger partial charge is 0.258 e. The van der Waals surface area contributed by atoms with Crippen molar-refractivity contribution >= 4 is 11.6 Å². The second-order valence-corrected chi connectivity index (χ2v) is 7.17. The van der Waals surface area contributed by atoms with Gasteiger partial charge in [0.2, 0.25) is 0 Å². The lowest BCUT2D eigenvalue weighted by atomic mass is 10.1. The number of amides is 1. The maximum atomic E-state index is 12.6. The molecule has 0 aliphatic carbocycles. The standard InChI is InChI=1S/C23H31N3O4/c1-28-19-10-8-18(9-11-19)26-16-14-25(15-17-26)13-5-12-24-23(27)22-20(29-2)6-4-7-21(22)30-3/h4,6-11H,5,12-17H2,1-3H3,(H,24,27). The number of methoxy groups -OCH3 is 3. The molecule has 162 valence electrons. The Morgan fingerprint density at radius 2 is 1.53 bits per heavy atom. The second kappa shape index (κ2) is 10.7. The number of nitrogens with zero attached hydrogens (tertiary/aromatic N) is 2. The highest BCUT2D eigenvalue weighted by atomic mass is 16.5. The van der Waals surface area contributed by atoms with Crippen LogP contribution in [-0.2, 0) is 0 Å². The number of rotatable bonds is 9. The second-order valence-electron chi connectivity index (χ2n) is 7.17. The quantitative estimate of drug-likeness (QED) is 0.638. The summed E-state index contributed by atoms with van der Waals surface area (Å²) in [7, 11) is 4.79. The van der Waals surface area contributed by atoms with Crippen LogP contribution in [-0.4, -0.2) is 71.4 Å². The topological polar surface area (TPSA) is 63.3 Å². The van der Waals surface area contributed by atoms with Crippen LogP contribution in [0.5, 0.6) is 17.2 Å². The van der Waals surface area contributed by atoms with E-state index in [2.05, 4.69) is 27.2 Å². The number of hydrogen-bond acceptors (Lipinski definition) is 6. The highest BCUT2D eigenvalue weighted by Gasteiger charge is 2.19. The average molecular weight is 414 g/mol. The average Bonchev–Trinajstić information content (AvgIpc) is 2.81. The van der Waals surface area contributed by atoms with Crippen LogP contribution in [0, 0.1) is 0 Å². The molecule has 0 atom stereocenters. The van der Waals surface area contributed by atoms with Crippen molar-refractivity contribution < 1.29 is 19.0 Å². The minimum atomic E-state index is -0.173. The molecule has 0 bridgehead atoms. The number of piperazine rings is 1. The van der Waals surface area contributed by atoms with Gasteiger partial charge >= 0.3 is 0 Å². The molecular formula is C23H31N3O4. The summed E-state index contributed by atoms with van der Waals surface area (Å²) in [6.07, 6.45) is 0.895. The Labute approximate surface area is 178 Å². The molecule has 1 heterocycles. The van der Waals surface area contributed by atoms with E-state index in [-0.39, 0.29) is 5.91 Å². The van der Waals surface area contributed by atoms with Gasteiger partial charge in [-0.2, -0.15) is 0 Å². The molecule has 30 heavy (non-hydrogen) atoms. The van der Waals surface area contributed by atoms with E-state index in [1.165, 1.54) is 5.69 Å². The maximum absolute atomic E-state index is 12.6. The van der Waals surface area contributed by atoms with Crippen molar-refractivity contribution in [2.75, 3.05) is 65.5 Å². The highest BCUT2D eigenvalue weighted by molar-refractivity contribution is 5.99. The molecule has 1 amide bonds. The van der Waals surface area contributed by atoms with Crippen LogP contribution < -0.4 is 24.4 Å². The molecule has 0 saturated carbocycles. The van der Waals surface area contributed by atoms with E-state index in [9.17, 15) is 4.79 Å². The molecule has 7 heteroatoms. The van der Waals surface area contributed by atoms with Gasteiger partial charge in [0.15, 0.2) is 0 Å². The fourth-order valence-electron chi connectivity index (χ4n) is 3.69. The van der Waals surface area contributed by atoms with Gasteiger partial charge in [-0.1, -0.05) is 6.07 Å². The summed E-state index contributed by atoms with van der Waals surface area (Å²) in [5.74, 6) is 1.74. The van der Waals surface area contributed by atoms with Gasteiger partial charge in [0, 0.05) is 38.4 Å². The lowest BCUT2D eigenvalue weighted by Gasteiger charge is -2.36. The molecule has 1 aliphatic heterocycles. The SMILES string of the molecule is COc1ccc(N2CCN(CCCNC(=O)c3c(OC)cccc3OC)CC2)cc1. The predicted molar refractivity (Wildman–Crippen MR) is 118 cm³/mol. The van der Waals surface area contributed by atoms with Crippen LogP contribution in [0.3, 0.4) is 0 Å². The lowest BCUT2D eigenvalue weighted by molar-refractivity contribution is 0.0945. The largest absolute Gasteiger partial charge is 0.497 e. The molecule has 1 aliphatic rings. The molecule has 0 spiro atoms. The molecule has 0 aromatic heterocycles. The lowest BCUT2D eigenvalue weighted by Crippen LogP contribution is -2.47. The number of nitrogens with one attached hydrogen (secondary N) is 1. The zero-order chi connectivity index (χ0) is 21.3. The van der Waals surface area contributed by atoms with Crippen molar-refractivity contribution in [1.29, 1.82) is 0 Å². The van der Waals surface area contributed by atoms with Crippen molar-refractivity contribution in [3.63, 3.8) is 0 Å². The van der Waals surface area contributed by atoms with Crippen molar-refractivity contribution in [3.05, 3.63) is 48.0 Å².